The van der Waals surface area contributed by atoms with Crippen LogP contribution in [0.5, 0.6) is 0 Å². The quantitative estimate of drug-likeness (QED) is 0.667. The van der Waals surface area contributed by atoms with Crippen LogP contribution in [0.15, 0.2) is 0 Å². The Bertz CT molecular complexity index is 127. The lowest BCUT2D eigenvalue weighted by Crippen LogP contribution is -2.33. The number of rotatable bonds is 5. The average molecular weight is 185 g/mol. The van der Waals surface area contributed by atoms with E-state index in [9.17, 15) is 0 Å². The maximum atomic E-state index is 5.85. The smallest absolute Gasteiger partial charge is 0.0615 e. The van der Waals surface area contributed by atoms with E-state index >= 15 is 0 Å². The molecule has 78 valence electrons. The molecule has 2 atom stereocenters. The third kappa shape index (κ3) is 3.65. The first-order valence-electron chi connectivity index (χ1n) is 5.70. The Hall–Kier alpha value is -0.0800. The molecule has 1 fully saturated rings. The van der Waals surface area contributed by atoms with Gasteiger partial charge in [-0.3, -0.25) is 0 Å². The van der Waals surface area contributed by atoms with E-state index in [4.69, 9.17) is 10.5 Å². The molecule has 2 nitrogen and oxygen atoms in total. The van der Waals surface area contributed by atoms with Crippen LogP contribution in [0.25, 0.3) is 0 Å². The molecule has 0 radical (unpaired) electrons. The summed E-state index contributed by atoms with van der Waals surface area (Å²) in [7, 11) is 0. The lowest BCUT2D eigenvalue weighted by molar-refractivity contribution is -0.00900. The van der Waals surface area contributed by atoms with Crippen molar-refractivity contribution in [3.63, 3.8) is 0 Å². The third-order valence-corrected chi connectivity index (χ3v) is 2.97. The largest absolute Gasteiger partial charge is 0.378 e. The highest BCUT2D eigenvalue weighted by Gasteiger charge is 2.23. The number of nitrogens with two attached hydrogens (primary N) is 1. The SMILES string of the molecule is CCCCOC1CCCCC1CN. The molecule has 1 aliphatic carbocycles. The predicted molar refractivity (Wildman–Crippen MR) is 55.7 cm³/mol. The molecular formula is C11H23NO. The molecule has 0 spiro atoms. The van der Waals surface area contributed by atoms with Gasteiger partial charge in [0.05, 0.1) is 6.10 Å². The van der Waals surface area contributed by atoms with Crippen molar-refractivity contribution >= 4 is 0 Å². The van der Waals surface area contributed by atoms with Gasteiger partial charge in [0.25, 0.3) is 0 Å². The summed E-state index contributed by atoms with van der Waals surface area (Å²) in [6, 6.07) is 0. The van der Waals surface area contributed by atoms with Crippen LogP contribution in [-0.2, 0) is 4.74 Å². The zero-order valence-corrected chi connectivity index (χ0v) is 8.80. The van der Waals surface area contributed by atoms with E-state index in [0.29, 0.717) is 12.0 Å². The number of ether oxygens (including phenoxy) is 1. The van der Waals surface area contributed by atoms with E-state index in [2.05, 4.69) is 6.92 Å². The van der Waals surface area contributed by atoms with Crippen molar-refractivity contribution < 1.29 is 4.74 Å². The maximum Gasteiger partial charge on any atom is 0.0615 e. The summed E-state index contributed by atoms with van der Waals surface area (Å²) < 4.78 is 5.85. The molecule has 0 heterocycles. The van der Waals surface area contributed by atoms with Crippen LogP contribution in [0.1, 0.15) is 45.4 Å². The fourth-order valence-electron chi connectivity index (χ4n) is 2.04. The average Bonchev–Trinajstić information content (AvgIpc) is 2.19. The van der Waals surface area contributed by atoms with Crippen LogP contribution in [0.3, 0.4) is 0 Å². The molecule has 0 saturated heterocycles. The van der Waals surface area contributed by atoms with Crippen LogP contribution in [0.4, 0.5) is 0 Å². The Kier molecular flexibility index (Phi) is 5.40. The summed E-state index contributed by atoms with van der Waals surface area (Å²) in [5.74, 6) is 0.630. The van der Waals surface area contributed by atoms with E-state index < -0.39 is 0 Å². The van der Waals surface area contributed by atoms with Crippen LogP contribution < -0.4 is 5.73 Å². The molecule has 13 heavy (non-hydrogen) atoms. The van der Waals surface area contributed by atoms with Gasteiger partial charge in [-0.2, -0.15) is 0 Å². The first kappa shape index (κ1) is 11.0. The predicted octanol–water partition coefficient (Wildman–Crippen LogP) is 2.32. The first-order valence-corrected chi connectivity index (χ1v) is 5.70. The second-order valence-corrected chi connectivity index (χ2v) is 4.04. The standard InChI is InChI=1S/C11H23NO/c1-2-3-8-13-11-7-5-4-6-10(11)9-12/h10-11H,2-9,12H2,1H3. The fraction of sp³-hybridized carbons (Fsp3) is 1.00. The lowest BCUT2D eigenvalue weighted by Gasteiger charge is -2.30. The van der Waals surface area contributed by atoms with E-state index in [0.717, 1.165) is 13.2 Å². The van der Waals surface area contributed by atoms with Crippen LogP contribution in [-0.4, -0.2) is 19.3 Å². The second kappa shape index (κ2) is 6.39. The van der Waals surface area contributed by atoms with Gasteiger partial charge >= 0.3 is 0 Å². The summed E-state index contributed by atoms with van der Waals surface area (Å²) in [4.78, 5) is 0. The lowest BCUT2D eigenvalue weighted by atomic mass is 9.86. The van der Waals surface area contributed by atoms with Gasteiger partial charge in [0.1, 0.15) is 0 Å². The molecule has 2 heteroatoms. The van der Waals surface area contributed by atoms with E-state index in [1.165, 1.54) is 38.5 Å². The normalized spacial score (nSPS) is 29.1. The molecule has 0 aromatic carbocycles. The Morgan fingerprint density at radius 3 is 2.77 bits per heavy atom. The van der Waals surface area contributed by atoms with E-state index in [-0.39, 0.29) is 0 Å². The van der Waals surface area contributed by atoms with Gasteiger partial charge in [0.2, 0.25) is 0 Å². The number of hydrogen-bond acceptors (Lipinski definition) is 2. The zero-order valence-electron chi connectivity index (χ0n) is 8.80. The summed E-state index contributed by atoms with van der Waals surface area (Å²) in [6.45, 7) is 3.93. The molecule has 1 aliphatic rings. The minimum atomic E-state index is 0.463. The highest BCUT2D eigenvalue weighted by atomic mass is 16.5. The highest BCUT2D eigenvalue weighted by Crippen LogP contribution is 2.26. The van der Waals surface area contributed by atoms with Gasteiger partial charge in [0.15, 0.2) is 0 Å². The van der Waals surface area contributed by atoms with Crippen molar-refractivity contribution in [3.8, 4) is 0 Å². The third-order valence-electron chi connectivity index (χ3n) is 2.97. The number of hydrogen-bond donors (Lipinski definition) is 1. The van der Waals surface area contributed by atoms with Gasteiger partial charge in [-0.15, -0.1) is 0 Å². The van der Waals surface area contributed by atoms with Gasteiger partial charge < -0.3 is 10.5 Å². The van der Waals surface area contributed by atoms with Gasteiger partial charge in [-0.25, -0.2) is 0 Å². The van der Waals surface area contributed by atoms with E-state index in [1.54, 1.807) is 0 Å². The molecule has 1 rings (SSSR count). The summed E-state index contributed by atoms with van der Waals surface area (Å²) in [6.07, 6.45) is 8.04. The summed E-state index contributed by atoms with van der Waals surface area (Å²) >= 11 is 0. The molecule has 2 N–H and O–H groups in total. The Morgan fingerprint density at radius 1 is 1.31 bits per heavy atom. The van der Waals surface area contributed by atoms with Crippen LogP contribution in [0, 0.1) is 5.92 Å². The Balaban J connectivity index is 2.19. The highest BCUT2D eigenvalue weighted by molar-refractivity contribution is 4.76. The van der Waals surface area contributed by atoms with Crippen LogP contribution >= 0.6 is 0 Å². The topological polar surface area (TPSA) is 35.2 Å². The van der Waals surface area contributed by atoms with Crippen molar-refractivity contribution in [1.82, 2.24) is 0 Å². The van der Waals surface area contributed by atoms with Gasteiger partial charge in [-0.1, -0.05) is 26.2 Å². The van der Waals surface area contributed by atoms with E-state index in [1.807, 2.05) is 0 Å². The summed E-state index contributed by atoms with van der Waals surface area (Å²) in [5, 5.41) is 0. The maximum absolute atomic E-state index is 5.85. The molecule has 0 aromatic rings. The molecule has 0 amide bonds. The molecule has 0 aliphatic heterocycles. The Labute approximate surface area is 81.8 Å². The molecular weight excluding hydrogens is 162 g/mol. The zero-order chi connectivity index (χ0) is 9.52. The number of unbranched alkanes of at least 4 members (excludes halogenated alkanes) is 1. The van der Waals surface area contributed by atoms with Crippen molar-refractivity contribution in [2.24, 2.45) is 11.7 Å². The van der Waals surface area contributed by atoms with Crippen LogP contribution in [0.2, 0.25) is 0 Å². The second-order valence-electron chi connectivity index (χ2n) is 4.04. The van der Waals surface area contributed by atoms with Gasteiger partial charge in [-0.05, 0) is 31.7 Å². The minimum Gasteiger partial charge on any atom is -0.378 e. The molecule has 2 unspecified atom stereocenters. The van der Waals surface area contributed by atoms with Crippen molar-refractivity contribution in [2.75, 3.05) is 13.2 Å². The molecule has 0 aromatic heterocycles. The minimum absolute atomic E-state index is 0.463. The van der Waals surface area contributed by atoms with Crippen molar-refractivity contribution in [3.05, 3.63) is 0 Å². The first-order chi connectivity index (χ1) is 6.38. The molecule has 0 bridgehead atoms. The monoisotopic (exact) mass is 185 g/mol. The van der Waals surface area contributed by atoms with Crippen molar-refractivity contribution in [1.29, 1.82) is 0 Å². The van der Waals surface area contributed by atoms with Crippen molar-refractivity contribution in [2.45, 2.75) is 51.6 Å². The Morgan fingerprint density at radius 2 is 2.08 bits per heavy atom. The van der Waals surface area contributed by atoms with Gasteiger partial charge in [0, 0.05) is 6.61 Å². The summed E-state index contributed by atoms with van der Waals surface area (Å²) in [5.41, 5.74) is 5.72. The molecule has 1 saturated carbocycles. The fourth-order valence-corrected chi connectivity index (χ4v) is 2.04.